The predicted octanol–water partition coefficient (Wildman–Crippen LogP) is 4.97. The van der Waals surface area contributed by atoms with Crippen LogP contribution in [-0.2, 0) is 0 Å². The first-order chi connectivity index (χ1) is 14.1. The summed E-state index contributed by atoms with van der Waals surface area (Å²) in [7, 11) is 0. The van der Waals surface area contributed by atoms with Gasteiger partial charge in [-0.1, -0.05) is 30.7 Å². The van der Waals surface area contributed by atoms with Crippen LogP contribution in [0.15, 0.2) is 57.9 Å². The van der Waals surface area contributed by atoms with Gasteiger partial charge in [0.25, 0.3) is 0 Å². The number of hydrogen-bond acceptors (Lipinski definition) is 5. The SMILES string of the molecule is CCN1CCN(CCOc2ccc3c(=O)c(-c4ccc(Cl)cc4)coc3c2)CC1.Cl.Cl. The van der Waals surface area contributed by atoms with E-state index in [-0.39, 0.29) is 30.2 Å². The van der Waals surface area contributed by atoms with Crippen molar-refractivity contribution < 1.29 is 9.15 Å². The van der Waals surface area contributed by atoms with Crippen molar-refractivity contribution in [1.29, 1.82) is 0 Å². The molecule has 0 amide bonds. The van der Waals surface area contributed by atoms with E-state index >= 15 is 0 Å². The monoisotopic (exact) mass is 484 g/mol. The molecule has 0 N–H and O–H groups in total. The average molecular weight is 486 g/mol. The quantitative estimate of drug-likeness (QED) is 0.493. The van der Waals surface area contributed by atoms with E-state index in [0.29, 0.717) is 33.9 Å². The summed E-state index contributed by atoms with van der Waals surface area (Å²) in [5.74, 6) is 0.715. The molecule has 8 heteroatoms. The van der Waals surface area contributed by atoms with E-state index in [1.807, 2.05) is 18.2 Å². The van der Waals surface area contributed by atoms with E-state index in [4.69, 9.17) is 20.8 Å². The molecule has 1 aliphatic heterocycles. The minimum Gasteiger partial charge on any atom is -0.492 e. The molecule has 0 spiro atoms. The van der Waals surface area contributed by atoms with Crippen LogP contribution in [0.4, 0.5) is 0 Å². The first-order valence-electron chi connectivity index (χ1n) is 10.0. The first-order valence-corrected chi connectivity index (χ1v) is 10.4. The van der Waals surface area contributed by atoms with E-state index in [2.05, 4.69) is 16.7 Å². The zero-order valence-corrected chi connectivity index (χ0v) is 19.8. The van der Waals surface area contributed by atoms with Crippen LogP contribution in [0, 0.1) is 0 Å². The van der Waals surface area contributed by atoms with Crippen molar-refractivity contribution in [3.05, 3.63) is 64.0 Å². The van der Waals surface area contributed by atoms with Gasteiger partial charge in [0, 0.05) is 43.8 Å². The lowest BCUT2D eigenvalue weighted by molar-refractivity contribution is 0.121. The Morgan fingerprint density at radius 2 is 1.68 bits per heavy atom. The minimum absolute atomic E-state index is 0. The molecule has 0 aliphatic carbocycles. The molecule has 0 saturated carbocycles. The Hall–Kier alpha value is -1.76. The fourth-order valence-corrected chi connectivity index (χ4v) is 3.77. The molecule has 168 valence electrons. The summed E-state index contributed by atoms with van der Waals surface area (Å²) in [6, 6.07) is 12.6. The Balaban J connectivity index is 0.00000171. The zero-order chi connectivity index (χ0) is 20.2. The Morgan fingerprint density at radius 3 is 2.35 bits per heavy atom. The summed E-state index contributed by atoms with van der Waals surface area (Å²) < 4.78 is 11.6. The van der Waals surface area contributed by atoms with Crippen molar-refractivity contribution in [2.45, 2.75) is 6.92 Å². The second-order valence-corrected chi connectivity index (χ2v) is 7.70. The van der Waals surface area contributed by atoms with Gasteiger partial charge in [0.1, 0.15) is 24.2 Å². The molecule has 1 saturated heterocycles. The largest absolute Gasteiger partial charge is 0.492 e. The standard InChI is InChI=1S/C23H25ClN2O3.2ClH/c1-2-25-9-11-26(12-10-25)13-14-28-19-7-8-20-22(15-19)29-16-21(23(20)27)17-3-5-18(24)6-4-17;;/h3-8,15-16H,2,9-14H2,1H3;2*1H. The van der Waals surface area contributed by atoms with Crippen molar-refractivity contribution in [2.75, 3.05) is 45.9 Å². The van der Waals surface area contributed by atoms with Gasteiger partial charge in [0.2, 0.25) is 0 Å². The van der Waals surface area contributed by atoms with Crippen LogP contribution in [-0.4, -0.2) is 55.7 Å². The summed E-state index contributed by atoms with van der Waals surface area (Å²) in [6.45, 7) is 9.23. The predicted molar refractivity (Wildman–Crippen MR) is 131 cm³/mol. The van der Waals surface area contributed by atoms with E-state index in [1.54, 1.807) is 24.3 Å². The molecule has 0 atom stereocenters. The molecule has 2 aromatic carbocycles. The summed E-state index contributed by atoms with van der Waals surface area (Å²) >= 11 is 5.94. The van der Waals surface area contributed by atoms with Gasteiger partial charge in [-0.15, -0.1) is 24.8 Å². The highest BCUT2D eigenvalue weighted by Gasteiger charge is 2.15. The molecule has 31 heavy (non-hydrogen) atoms. The topological polar surface area (TPSA) is 45.9 Å². The number of ether oxygens (including phenoxy) is 1. The molecule has 1 fully saturated rings. The molecule has 0 radical (unpaired) electrons. The van der Waals surface area contributed by atoms with E-state index in [1.165, 1.54) is 6.26 Å². The van der Waals surface area contributed by atoms with E-state index in [0.717, 1.165) is 44.8 Å². The average Bonchev–Trinajstić information content (AvgIpc) is 2.75. The van der Waals surface area contributed by atoms with Crippen LogP contribution in [0.3, 0.4) is 0 Å². The number of halogens is 3. The second-order valence-electron chi connectivity index (χ2n) is 7.27. The lowest BCUT2D eigenvalue weighted by Crippen LogP contribution is -2.47. The molecule has 0 bridgehead atoms. The van der Waals surface area contributed by atoms with Crippen molar-refractivity contribution in [1.82, 2.24) is 9.80 Å². The molecule has 1 aromatic heterocycles. The number of rotatable bonds is 6. The van der Waals surface area contributed by atoms with Gasteiger partial charge in [-0.2, -0.15) is 0 Å². The Morgan fingerprint density at radius 1 is 1.00 bits per heavy atom. The molecule has 3 aromatic rings. The van der Waals surface area contributed by atoms with Crippen molar-refractivity contribution in [3.8, 4) is 16.9 Å². The van der Waals surface area contributed by atoms with Crippen molar-refractivity contribution in [3.63, 3.8) is 0 Å². The van der Waals surface area contributed by atoms with Crippen LogP contribution < -0.4 is 10.2 Å². The minimum atomic E-state index is -0.0612. The van der Waals surface area contributed by atoms with Gasteiger partial charge >= 0.3 is 0 Å². The van der Waals surface area contributed by atoms with Gasteiger partial charge in [-0.05, 0) is 36.4 Å². The number of nitrogens with zero attached hydrogens (tertiary/aromatic N) is 2. The summed E-state index contributed by atoms with van der Waals surface area (Å²) in [5.41, 5.74) is 1.78. The van der Waals surface area contributed by atoms with Crippen LogP contribution in [0.5, 0.6) is 5.75 Å². The molecular formula is C23H27Cl3N2O3. The highest BCUT2D eigenvalue weighted by molar-refractivity contribution is 6.30. The fourth-order valence-electron chi connectivity index (χ4n) is 3.65. The molecule has 5 nitrogen and oxygen atoms in total. The Labute approximate surface area is 199 Å². The third-order valence-electron chi connectivity index (χ3n) is 5.49. The number of likely N-dealkylation sites (N-methyl/N-ethyl adjacent to an activating group) is 1. The Kier molecular flexibility index (Phi) is 9.66. The number of hydrogen-bond donors (Lipinski definition) is 0. The van der Waals surface area contributed by atoms with Crippen LogP contribution in [0.25, 0.3) is 22.1 Å². The molecule has 4 rings (SSSR count). The maximum atomic E-state index is 12.9. The van der Waals surface area contributed by atoms with Crippen molar-refractivity contribution in [2.24, 2.45) is 0 Å². The lowest BCUT2D eigenvalue weighted by Gasteiger charge is -2.33. The van der Waals surface area contributed by atoms with Gasteiger partial charge in [-0.3, -0.25) is 9.69 Å². The number of piperazine rings is 1. The first kappa shape index (κ1) is 25.5. The summed E-state index contributed by atoms with van der Waals surface area (Å²) in [5, 5.41) is 1.17. The summed E-state index contributed by atoms with van der Waals surface area (Å²) in [4.78, 5) is 17.7. The molecule has 1 aliphatic rings. The lowest BCUT2D eigenvalue weighted by atomic mass is 10.1. The van der Waals surface area contributed by atoms with Gasteiger partial charge < -0.3 is 14.1 Å². The highest BCUT2D eigenvalue weighted by Crippen LogP contribution is 2.24. The summed E-state index contributed by atoms with van der Waals surface area (Å²) in [6.07, 6.45) is 1.50. The molecule has 2 heterocycles. The number of benzene rings is 2. The maximum Gasteiger partial charge on any atom is 0.200 e. The normalized spacial score (nSPS) is 14.6. The van der Waals surface area contributed by atoms with E-state index in [9.17, 15) is 4.79 Å². The molecular weight excluding hydrogens is 459 g/mol. The van der Waals surface area contributed by atoms with Crippen LogP contribution in [0.2, 0.25) is 5.02 Å². The van der Waals surface area contributed by atoms with E-state index < -0.39 is 0 Å². The third-order valence-corrected chi connectivity index (χ3v) is 5.74. The molecule has 0 unspecified atom stereocenters. The van der Waals surface area contributed by atoms with Gasteiger partial charge in [-0.25, -0.2) is 0 Å². The second kappa shape index (κ2) is 11.7. The van der Waals surface area contributed by atoms with Crippen molar-refractivity contribution >= 4 is 47.4 Å². The highest BCUT2D eigenvalue weighted by atomic mass is 35.5. The van der Waals surface area contributed by atoms with Gasteiger partial charge in [0.15, 0.2) is 5.43 Å². The van der Waals surface area contributed by atoms with Crippen LogP contribution >= 0.6 is 36.4 Å². The Bertz CT molecular complexity index is 1030. The smallest absolute Gasteiger partial charge is 0.200 e. The van der Waals surface area contributed by atoms with Gasteiger partial charge in [0.05, 0.1) is 10.9 Å². The maximum absolute atomic E-state index is 12.9. The number of fused-ring (bicyclic) bond motifs is 1. The zero-order valence-electron chi connectivity index (χ0n) is 17.4. The van der Waals surface area contributed by atoms with Crippen LogP contribution in [0.1, 0.15) is 6.92 Å². The third kappa shape index (κ3) is 6.15. The fraction of sp³-hybridized carbons (Fsp3) is 0.348.